The van der Waals surface area contributed by atoms with Gasteiger partial charge in [0.2, 0.25) is 0 Å². The number of ether oxygens (including phenoxy) is 2. The van der Waals surface area contributed by atoms with Gasteiger partial charge in [-0.25, -0.2) is 0 Å². The van der Waals surface area contributed by atoms with Crippen LogP contribution < -0.4 is 25.8 Å². The Morgan fingerprint density at radius 1 is 1.28 bits per heavy atom. The number of nitrogens with one attached hydrogen (secondary N) is 2. The summed E-state index contributed by atoms with van der Waals surface area (Å²) < 4.78 is 15.4. The molecule has 4 N–H and O–H groups in total. The van der Waals surface area contributed by atoms with Crippen LogP contribution in [0.4, 0.5) is 5.69 Å². The SMILES string of the molecule is COc1ccc(OC)c(NC(N)=NCCNC(=O)c2ccco2)c1.I. The zero-order valence-corrected chi connectivity index (χ0v) is 16.3. The Morgan fingerprint density at radius 3 is 2.72 bits per heavy atom. The fourth-order valence-corrected chi connectivity index (χ4v) is 1.93. The molecule has 0 aliphatic carbocycles. The predicted molar refractivity (Wildman–Crippen MR) is 106 cm³/mol. The molecule has 2 rings (SSSR count). The van der Waals surface area contributed by atoms with Gasteiger partial charge in [0.15, 0.2) is 11.7 Å². The standard InChI is InChI=1S/C16H20N4O4.HI/c1-22-11-5-6-13(23-2)12(10-11)20-16(17)19-8-7-18-15(21)14-4-3-9-24-14;/h3-6,9-10H,7-8H2,1-2H3,(H,18,21)(H3,17,19,20);1H. The number of furan rings is 1. The largest absolute Gasteiger partial charge is 0.497 e. The number of halogens is 1. The molecule has 0 fully saturated rings. The van der Waals surface area contributed by atoms with Crippen LogP contribution >= 0.6 is 24.0 Å². The van der Waals surface area contributed by atoms with E-state index in [1.807, 2.05) is 0 Å². The number of nitrogens with two attached hydrogens (primary N) is 1. The second-order valence-electron chi connectivity index (χ2n) is 4.69. The molecular weight excluding hydrogens is 439 g/mol. The molecule has 0 aliphatic heterocycles. The first-order valence-electron chi connectivity index (χ1n) is 7.24. The summed E-state index contributed by atoms with van der Waals surface area (Å²) in [6.45, 7) is 0.648. The Hall–Kier alpha value is -2.43. The summed E-state index contributed by atoms with van der Waals surface area (Å²) in [5.74, 6) is 1.44. The molecule has 0 radical (unpaired) electrons. The fourth-order valence-electron chi connectivity index (χ4n) is 1.93. The van der Waals surface area contributed by atoms with E-state index < -0.39 is 0 Å². The molecule has 0 spiro atoms. The summed E-state index contributed by atoms with van der Waals surface area (Å²) in [4.78, 5) is 15.8. The van der Waals surface area contributed by atoms with Crippen molar-refractivity contribution in [3.05, 3.63) is 42.4 Å². The normalized spacial score (nSPS) is 10.6. The quantitative estimate of drug-likeness (QED) is 0.253. The molecule has 0 aliphatic rings. The second-order valence-corrected chi connectivity index (χ2v) is 4.69. The molecule has 8 nitrogen and oxygen atoms in total. The molecule has 0 saturated heterocycles. The molecule has 2 aromatic rings. The van der Waals surface area contributed by atoms with E-state index in [1.165, 1.54) is 6.26 Å². The maximum Gasteiger partial charge on any atom is 0.287 e. The molecule has 1 aromatic carbocycles. The van der Waals surface area contributed by atoms with E-state index in [2.05, 4.69) is 15.6 Å². The highest BCUT2D eigenvalue weighted by Crippen LogP contribution is 2.28. The number of hydrogen-bond donors (Lipinski definition) is 3. The maximum atomic E-state index is 11.7. The third-order valence-electron chi connectivity index (χ3n) is 3.09. The Kier molecular flexibility index (Phi) is 8.61. The monoisotopic (exact) mass is 460 g/mol. The van der Waals surface area contributed by atoms with Crippen LogP contribution in [-0.2, 0) is 0 Å². The van der Waals surface area contributed by atoms with Gasteiger partial charge < -0.3 is 30.3 Å². The summed E-state index contributed by atoms with van der Waals surface area (Å²) in [6, 6.07) is 8.53. The van der Waals surface area contributed by atoms with E-state index in [0.717, 1.165) is 0 Å². The Balaban J connectivity index is 0.00000312. The van der Waals surface area contributed by atoms with Gasteiger partial charge in [-0.2, -0.15) is 0 Å². The average molecular weight is 460 g/mol. The van der Waals surface area contributed by atoms with Gasteiger partial charge in [0, 0.05) is 12.6 Å². The highest BCUT2D eigenvalue weighted by atomic mass is 127. The highest BCUT2D eigenvalue weighted by molar-refractivity contribution is 14.0. The van der Waals surface area contributed by atoms with Crippen LogP contribution in [0.15, 0.2) is 46.0 Å². The molecule has 0 bridgehead atoms. The zero-order valence-electron chi connectivity index (χ0n) is 13.9. The van der Waals surface area contributed by atoms with Gasteiger partial charge in [0.05, 0.1) is 32.7 Å². The number of hydrogen-bond acceptors (Lipinski definition) is 5. The van der Waals surface area contributed by atoms with Gasteiger partial charge >= 0.3 is 0 Å². The number of benzene rings is 1. The van der Waals surface area contributed by atoms with E-state index in [1.54, 1.807) is 44.6 Å². The van der Waals surface area contributed by atoms with Crippen LogP contribution in [0.25, 0.3) is 0 Å². The van der Waals surface area contributed by atoms with Crippen molar-refractivity contribution in [2.75, 3.05) is 32.6 Å². The highest BCUT2D eigenvalue weighted by Gasteiger charge is 2.07. The van der Waals surface area contributed by atoms with Crippen LogP contribution in [0.1, 0.15) is 10.6 Å². The van der Waals surface area contributed by atoms with Crippen LogP contribution in [0.3, 0.4) is 0 Å². The Labute approximate surface area is 162 Å². The minimum Gasteiger partial charge on any atom is -0.497 e. The zero-order chi connectivity index (χ0) is 17.4. The van der Waals surface area contributed by atoms with E-state index in [9.17, 15) is 4.79 Å². The topological polar surface area (TPSA) is 111 Å². The van der Waals surface area contributed by atoms with Crippen molar-refractivity contribution in [1.82, 2.24) is 5.32 Å². The van der Waals surface area contributed by atoms with Gasteiger partial charge in [-0.1, -0.05) is 0 Å². The first-order valence-corrected chi connectivity index (χ1v) is 7.24. The van der Waals surface area contributed by atoms with Crippen LogP contribution in [0, 0.1) is 0 Å². The molecule has 1 aromatic heterocycles. The number of amides is 1. The minimum atomic E-state index is -0.295. The van der Waals surface area contributed by atoms with Crippen LogP contribution in [0.5, 0.6) is 11.5 Å². The second kappa shape index (κ2) is 10.4. The average Bonchev–Trinajstić information content (AvgIpc) is 3.13. The predicted octanol–water partition coefficient (Wildman–Crippen LogP) is 2.07. The lowest BCUT2D eigenvalue weighted by atomic mass is 10.2. The number of aliphatic imine (C=N–C) groups is 1. The molecule has 0 unspecified atom stereocenters. The van der Waals surface area contributed by atoms with E-state index in [0.29, 0.717) is 30.3 Å². The van der Waals surface area contributed by atoms with Gasteiger partial charge in [-0.15, -0.1) is 24.0 Å². The molecule has 136 valence electrons. The molecule has 0 atom stereocenters. The summed E-state index contributed by atoms with van der Waals surface area (Å²) in [5, 5.41) is 5.62. The van der Waals surface area contributed by atoms with E-state index >= 15 is 0 Å². The number of rotatable bonds is 7. The maximum absolute atomic E-state index is 11.7. The smallest absolute Gasteiger partial charge is 0.287 e. The molecule has 0 saturated carbocycles. The Bertz CT molecular complexity index is 704. The van der Waals surface area contributed by atoms with Crippen molar-refractivity contribution in [1.29, 1.82) is 0 Å². The molecular formula is C16H21IN4O4. The van der Waals surface area contributed by atoms with Crippen molar-refractivity contribution in [2.24, 2.45) is 10.7 Å². The van der Waals surface area contributed by atoms with Crippen LogP contribution in [-0.4, -0.2) is 39.2 Å². The number of methoxy groups -OCH3 is 2. The third-order valence-corrected chi connectivity index (χ3v) is 3.09. The van der Waals surface area contributed by atoms with Crippen molar-refractivity contribution in [3.63, 3.8) is 0 Å². The van der Waals surface area contributed by atoms with Gasteiger partial charge in [-0.3, -0.25) is 9.79 Å². The summed E-state index contributed by atoms with van der Waals surface area (Å²) in [6.07, 6.45) is 1.44. The number of carbonyl (C=O) groups excluding carboxylic acids is 1. The number of guanidine groups is 1. The minimum absolute atomic E-state index is 0. The van der Waals surface area contributed by atoms with Crippen LogP contribution in [0.2, 0.25) is 0 Å². The van der Waals surface area contributed by atoms with Crippen molar-refractivity contribution in [2.45, 2.75) is 0 Å². The summed E-state index contributed by atoms with van der Waals surface area (Å²) in [5.41, 5.74) is 6.48. The van der Waals surface area contributed by atoms with Crippen molar-refractivity contribution in [3.8, 4) is 11.5 Å². The lowest BCUT2D eigenvalue weighted by Crippen LogP contribution is -2.28. The van der Waals surface area contributed by atoms with Crippen molar-refractivity contribution < 1.29 is 18.7 Å². The third kappa shape index (κ3) is 6.18. The molecule has 1 amide bonds. The first-order chi connectivity index (χ1) is 11.6. The summed E-state index contributed by atoms with van der Waals surface area (Å²) >= 11 is 0. The van der Waals surface area contributed by atoms with Gasteiger partial charge in [0.1, 0.15) is 11.5 Å². The number of nitrogens with zero attached hydrogens (tertiary/aromatic N) is 1. The first kappa shape index (κ1) is 20.6. The molecule has 1 heterocycles. The van der Waals surface area contributed by atoms with E-state index in [-0.39, 0.29) is 41.6 Å². The van der Waals surface area contributed by atoms with E-state index in [4.69, 9.17) is 19.6 Å². The summed E-state index contributed by atoms with van der Waals surface area (Å²) in [7, 11) is 3.13. The Morgan fingerprint density at radius 2 is 2.08 bits per heavy atom. The fraction of sp³-hybridized carbons (Fsp3) is 0.250. The number of anilines is 1. The van der Waals surface area contributed by atoms with Gasteiger partial charge in [0.25, 0.3) is 5.91 Å². The lowest BCUT2D eigenvalue weighted by molar-refractivity contribution is 0.0927. The van der Waals surface area contributed by atoms with Crippen molar-refractivity contribution >= 4 is 41.5 Å². The molecule has 25 heavy (non-hydrogen) atoms. The van der Waals surface area contributed by atoms with Gasteiger partial charge in [-0.05, 0) is 24.3 Å². The molecule has 9 heteroatoms. The lowest BCUT2D eigenvalue weighted by Gasteiger charge is -2.12. The number of carbonyl (C=O) groups is 1.